The second-order valence-electron chi connectivity index (χ2n) is 6.65. The Morgan fingerprint density at radius 3 is 2.80 bits per heavy atom. The summed E-state index contributed by atoms with van der Waals surface area (Å²) in [7, 11) is 0. The molecular formula is C20H18FN5O2S2. The van der Waals surface area contributed by atoms with E-state index in [2.05, 4.69) is 20.3 Å². The van der Waals surface area contributed by atoms with Crippen molar-refractivity contribution in [2.75, 3.05) is 31.2 Å². The van der Waals surface area contributed by atoms with Gasteiger partial charge in [0.2, 0.25) is 5.95 Å². The third-order valence-corrected chi connectivity index (χ3v) is 6.50. The second-order valence-corrected chi connectivity index (χ2v) is 8.54. The van der Waals surface area contributed by atoms with Crippen LogP contribution in [0.1, 0.15) is 5.69 Å². The summed E-state index contributed by atoms with van der Waals surface area (Å²) in [6.07, 6.45) is 0. The molecule has 10 heteroatoms. The molecule has 0 N–H and O–H groups in total. The molecule has 0 radical (unpaired) electrons. The Balaban J connectivity index is 1.42. The summed E-state index contributed by atoms with van der Waals surface area (Å²) in [6, 6.07) is 12.4. The van der Waals surface area contributed by atoms with Gasteiger partial charge in [-0.3, -0.25) is 4.57 Å². The van der Waals surface area contributed by atoms with E-state index in [0.29, 0.717) is 48.8 Å². The van der Waals surface area contributed by atoms with Crippen LogP contribution in [0.15, 0.2) is 57.5 Å². The number of thiophene rings is 1. The molecule has 154 valence electrons. The Bertz CT molecular complexity index is 1120. The summed E-state index contributed by atoms with van der Waals surface area (Å²) in [6.45, 7) is 2.68. The minimum Gasteiger partial charge on any atom is -0.378 e. The maximum absolute atomic E-state index is 13.9. The lowest BCUT2D eigenvalue weighted by molar-refractivity contribution is 0.122. The predicted molar refractivity (Wildman–Crippen MR) is 114 cm³/mol. The molecule has 7 nitrogen and oxygen atoms in total. The number of rotatable bonds is 6. The van der Waals surface area contributed by atoms with Crippen LogP contribution >= 0.6 is 23.1 Å². The molecular weight excluding hydrogens is 425 g/mol. The smallest absolute Gasteiger partial charge is 0.232 e. The van der Waals surface area contributed by atoms with Gasteiger partial charge in [0.15, 0.2) is 10.9 Å². The number of morpholine rings is 1. The molecule has 0 bridgehead atoms. The number of aromatic nitrogens is 4. The SMILES string of the molecule is Fc1cccc(-n2c(SCc3cc(-c4cccs4)on3)nnc2N2CCOCC2)c1. The van der Waals surface area contributed by atoms with Crippen LogP contribution in [-0.2, 0) is 10.5 Å². The highest BCUT2D eigenvalue weighted by molar-refractivity contribution is 7.98. The highest BCUT2D eigenvalue weighted by Crippen LogP contribution is 2.31. The normalized spacial score (nSPS) is 14.4. The van der Waals surface area contributed by atoms with Gasteiger partial charge in [-0.1, -0.05) is 29.1 Å². The molecule has 0 spiro atoms. The van der Waals surface area contributed by atoms with Gasteiger partial charge in [0.25, 0.3) is 0 Å². The van der Waals surface area contributed by atoms with Crippen LogP contribution in [0.4, 0.5) is 10.3 Å². The number of hydrogen-bond donors (Lipinski definition) is 0. The van der Waals surface area contributed by atoms with Gasteiger partial charge < -0.3 is 14.2 Å². The highest BCUT2D eigenvalue weighted by Gasteiger charge is 2.22. The van der Waals surface area contributed by atoms with E-state index >= 15 is 0 Å². The summed E-state index contributed by atoms with van der Waals surface area (Å²) in [5.41, 5.74) is 1.49. The molecule has 0 atom stereocenters. The molecule has 1 fully saturated rings. The van der Waals surface area contributed by atoms with Crippen molar-refractivity contribution in [3.63, 3.8) is 0 Å². The van der Waals surface area contributed by atoms with Crippen LogP contribution in [0.25, 0.3) is 16.3 Å². The number of halogens is 1. The van der Waals surface area contributed by atoms with E-state index in [1.807, 2.05) is 34.2 Å². The summed E-state index contributed by atoms with van der Waals surface area (Å²) in [5.74, 6) is 1.69. The number of thioether (sulfide) groups is 1. The van der Waals surface area contributed by atoms with E-state index < -0.39 is 0 Å². The standard InChI is InChI=1S/C20H18FN5O2S2/c21-14-3-1-4-16(11-14)26-19(25-6-8-27-9-7-25)22-23-20(26)30-13-15-12-17(28-24-15)18-5-2-10-29-18/h1-5,10-12H,6-9,13H2. The average Bonchev–Trinajstić information content (AvgIpc) is 3.53. The molecule has 5 rings (SSSR count). The highest BCUT2D eigenvalue weighted by atomic mass is 32.2. The van der Waals surface area contributed by atoms with E-state index in [-0.39, 0.29) is 5.82 Å². The van der Waals surface area contributed by atoms with Gasteiger partial charge in [0, 0.05) is 24.9 Å². The zero-order valence-corrected chi connectivity index (χ0v) is 17.5. The van der Waals surface area contributed by atoms with Gasteiger partial charge in [-0.25, -0.2) is 4.39 Å². The van der Waals surface area contributed by atoms with Crippen molar-refractivity contribution in [3.05, 3.63) is 59.4 Å². The van der Waals surface area contributed by atoms with Gasteiger partial charge >= 0.3 is 0 Å². The first-order chi connectivity index (χ1) is 14.8. The molecule has 4 aromatic rings. The lowest BCUT2D eigenvalue weighted by Gasteiger charge is -2.27. The van der Waals surface area contributed by atoms with Gasteiger partial charge in [-0.05, 0) is 29.6 Å². The first-order valence-corrected chi connectivity index (χ1v) is 11.3. The van der Waals surface area contributed by atoms with Crippen molar-refractivity contribution in [1.29, 1.82) is 0 Å². The van der Waals surface area contributed by atoms with E-state index in [9.17, 15) is 4.39 Å². The summed E-state index contributed by atoms with van der Waals surface area (Å²) < 4.78 is 26.7. The fourth-order valence-electron chi connectivity index (χ4n) is 3.22. The third kappa shape index (κ3) is 3.98. The predicted octanol–water partition coefficient (Wildman–Crippen LogP) is 4.25. The van der Waals surface area contributed by atoms with Crippen LogP contribution < -0.4 is 4.90 Å². The number of ether oxygens (including phenoxy) is 1. The van der Waals surface area contributed by atoms with Crippen LogP contribution in [0, 0.1) is 5.82 Å². The number of hydrogen-bond acceptors (Lipinski definition) is 8. The third-order valence-electron chi connectivity index (χ3n) is 4.65. The van der Waals surface area contributed by atoms with Crippen LogP contribution in [0.3, 0.4) is 0 Å². The van der Waals surface area contributed by atoms with Gasteiger partial charge in [0.1, 0.15) is 5.82 Å². The minimum absolute atomic E-state index is 0.304. The fraction of sp³-hybridized carbons (Fsp3) is 0.250. The van der Waals surface area contributed by atoms with Crippen LogP contribution in [0.2, 0.25) is 0 Å². The second kappa shape index (κ2) is 8.58. The average molecular weight is 444 g/mol. The first kappa shape index (κ1) is 19.3. The Morgan fingerprint density at radius 2 is 2.00 bits per heavy atom. The van der Waals surface area contributed by atoms with Gasteiger partial charge in [-0.2, -0.15) is 0 Å². The molecule has 0 amide bonds. The Hall–Kier alpha value is -2.69. The van der Waals surface area contributed by atoms with E-state index in [1.165, 1.54) is 23.9 Å². The van der Waals surface area contributed by atoms with Gasteiger partial charge in [0.05, 0.1) is 29.5 Å². The molecule has 4 heterocycles. The van der Waals surface area contributed by atoms with E-state index in [4.69, 9.17) is 9.26 Å². The molecule has 1 aromatic carbocycles. The van der Waals surface area contributed by atoms with E-state index in [0.717, 1.165) is 16.3 Å². The van der Waals surface area contributed by atoms with Crippen molar-refractivity contribution in [3.8, 4) is 16.3 Å². The first-order valence-electron chi connectivity index (χ1n) is 9.44. The van der Waals surface area contributed by atoms with Crippen molar-refractivity contribution in [1.82, 2.24) is 19.9 Å². The molecule has 1 saturated heterocycles. The fourth-order valence-corrected chi connectivity index (χ4v) is 4.72. The largest absolute Gasteiger partial charge is 0.378 e. The van der Waals surface area contributed by atoms with E-state index in [1.54, 1.807) is 17.4 Å². The summed E-state index contributed by atoms with van der Waals surface area (Å²) >= 11 is 3.09. The van der Waals surface area contributed by atoms with Crippen LogP contribution in [-0.4, -0.2) is 46.2 Å². The molecule has 30 heavy (non-hydrogen) atoms. The lowest BCUT2D eigenvalue weighted by Crippen LogP contribution is -2.37. The van der Waals surface area contributed by atoms with Crippen molar-refractivity contribution in [2.45, 2.75) is 10.9 Å². The van der Waals surface area contributed by atoms with Crippen molar-refractivity contribution >= 4 is 29.0 Å². The molecule has 1 aliphatic heterocycles. The Kier molecular flexibility index (Phi) is 5.52. The molecule has 0 saturated carbocycles. The molecule has 1 aliphatic rings. The van der Waals surface area contributed by atoms with Crippen molar-refractivity contribution in [2.24, 2.45) is 0 Å². The topological polar surface area (TPSA) is 69.2 Å². The number of benzene rings is 1. The minimum atomic E-state index is -0.304. The lowest BCUT2D eigenvalue weighted by atomic mass is 10.3. The Morgan fingerprint density at radius 1 is 1.10 bits per heavy atom. The van der Waals surface area contributed by atoms with Crippen LogP contribution in [0.5, 0.6) is 0 Å². The van der Waals surface area contributed by atoms with Crippen molar-refractivity contribution < 1.29 is 13.7 Å². The molecule has 3 aromatic heterocycles. The quantitative estimate of drug-likeness (QED) is 0.413. The molecule has 0 unspecified atom stereocenters. The maximum Gasteiger partial charge on any atom is 0.232 e. The monoisotopic (exact) mass is 443 g/mol. The zero-order chi connectivity index (χ0) is 20.3. The number of anilines is 1. The maximum atomic E-state index is 13.9. The summed E-state index contributed by atoms with van der Waals surface area (Å²) in [4.78, 5) is 3.15. The Labute approximate surface area is 180 Å². The number of nitrogens with zero attached hydrogens (tertiary/aromatic N) is 5. The summed E-state index contributed by atoms with van der Waals surface area (Å²) in [5, 5.41) is 15.6. The van der Waals surface area contributed by atoms with Gasteiger partial charge in [-0.15, -0.1) is 21.5 Å². The zero-order valence-electron chi connectivity index (χ0n) is 15.9. The molecule has 0 aliphatic carbocycles.